The van der Waals surface area contributed by atoms with Crippen molar-refractivity contribution in [1.82, 2.24) is 15.1 Å². The monoisotopic (exact) mass is 441 g/mol. The standard InChI is InChI=1S/C20H19N5O5S/c26-20(18-9-11-23(22-18)16-5-3-6-17(14-16)25(27)28)21-10-13-31(29,30)24-12-8-15-4-1-2-7-19(15)24/h1-7,9,11,14H,8,10,12-13H2,(H,21,26). The van der Waals surface area contributed by atoms with Crippen molar-refractivity contribution in [1.29, 1.82) is 0 Å². The molecule has 0 saturated carbocycles. The zero-order valence-corrected chi connectivity index (χ0v) is 17.2. The molecule has 11 heteroatoms. The zero-order chi connectivity index (χ0) is 22.0. The van der Waals surface area contributed by atoms with Crippen LogP contribution in [0.1, 0.15) is 16.1 Å². The van der Waals surface area contributed by atoms with Crippen LogP contribution in [0.5, 0.6) is 0 Å². The van der Waals surface area contributed by atoms with E-state index in [0.717, 1.165) is 5.56 Å². The third-order valence-electron chi connectivity index (χ3n) is 4.95. The lowest BCUT2D eigenvalue weighted by Gasteiger charge is -2.19. The molecule has 2 heterocycles. The maximum atomic E-state index is 12.7. The number of nitro groups is 1. The van der Waals surface area contributed by atoms with Crippen LogP contribution in [-0.2, 0) is 16.4 Å². The molecule has 0 fully saturated rings. The third kappa shape index (κ3) is 4.26. The van der Waals surface area contributed by atoms with Gasteiger partial charge in [0.1, 0.15) is 0 Å². The van der Waals surface area contributed by atoms with E-state index in [1.165, 1.54) is 39.4 Å². The van der Waals surface area contributed by atoms with Crippen LogP contribution < -0.4 is 9.62 Å². The highest BCUT2D eigenvalue weighted by Gasteiger charge is 2.28. The van der Waals surface area contributed by atoms with Gasteiger partial charge in [-0.2, -0.15) is 5.10 Å². The average molecular weight is 441 g/mol. The summed E-state index contributed by atoms with van der Waals surface area (Å²) in [7, 11) is -3.57. The smallest absolute Gasteiger partial charge is 0.271 e. The summed E-state index contributed by atoms with van der Waals surface area (Å²) >= 11 is 0. The largest absolute Gasteiger partial charge is 0.350 e. The second-order valence-electron chi connectivity index (χ2n) is 6.95. The summed E-state index contributed by atoms with van der Waals surface area (Å²) in [6, 6.07) is 14.7. The Balaban J connectivity index is 1.38. The maximum absolute atomic E-state index is 12.7. The normalized spacial score (nSPS) is 13.1. The molecule has 1 aromatic heterocycles. The summed E-state index contributed by atoms with van der Waals surface area (Å²) in [5, 5.41) is 17.6. The van der Waals surface area contributed by atoms with Crippen LogP contribution in [0.15, 0.2) is 60.8 Å². The van der Waals surface area contributed by atoms with Gasteiger partial charge in [-0.3, -0.25) is 19.2 Å². The van der Waals surface area contributed by atoms with Crippen LogP contribution in [0.4, 0.5) is 11.4 Å². The Kier molecular flexibility index (Phi) is 5.42. The second kappa shape index (κ2) is 8.19. The number of anilines is 1. The van der Waals surface area contributed by atoms with Crippen molar-refractivity contribution in [3.63, 3.8) is 0 Å². The van der Waals surface area contributed by atoms with Crippen LogP contribution in [0, 0.1) is 10.1 Å². The molecule has 0 aliphatic carbocycles. The molecule has 0 atom stereocenters. The number of nitrogens with zero attached hydrogens (tertiary/aromatic N) is 4. The van der Waals surface area contributed by atoms with Gasteiger partial charge in [0.15, 0.2) is 5.69 Å². The fraction of sp³-hybridized carbons (Fsp3) is 0.200. The molecule has 1 aliphatic rings. The summed E-state index contributed by atoms with van der Waals surface area (Å²) in [6.07, 6.45) is 2.17. The van der Waals surface area contributed by atoms with Gasteiger partial charge >= 0.3 is 0 Å². The van der Waals surface area contributed by atoms with Gasteiger partial charge in [-0.25, -0.2) is 13.1 Å². The predicted octanol–water partition coefficient (Wildman–Crippen LogP) is 1.90. The van der Waals surface area contributed by atoms with E-state index in [4.69, 9.17) is 0 Å². The summed E-state index contributed by atoms with van der Waals surface area (Å²) in [5.41, 5.74) is 2.10. The Labute approximate surface area is 178 Å². The molecule has 31 heavy (non-hydrogen) atoms. The van der Waals surface area contributed by atoms with Gasteiger partial charge in [0.25, 0.3) is 11.6 Å². The number of nitrogens with one attached hydrogen (secondary N) is 1. The molecule has 0 saturated heterocycles. The van der Waals surface area contributed by atoms with Gasteiger partial charge in [-0.1, -0.05) is 24.3 Å². The van der Waals surface area contributed by atoms with Crippen molar-refractivity contribution >= 4 is 27.3 Å². The fourth-order valence-corrected chi connectivity index (χ4v) is 4.86. The molecule has 1 amide bonds. The van der Waals surface area contributed by atoms with Crippen molar-refractivity contribution in [3.05, 3.63) is 82.2 Å². The van der Waals surface area contributed by atoms with E-state index in [1.54, 1.807) is 18.2 Å². The number of carbonyl (C=O) groups is 1. The average Bonchev–Trinajstić information content (AvgIpc) is 3.41. The van der Waals surface area contributed by atoms with Gasteiger partial charge in [0.2, 0.25) is 10.0 Å². The summed E-state index contributed by atoms with van der Waals surface area (Å²) in [5.74, 6) is -0.764. The highest BCUT2D eigenvalue weighted by atomic mass is 32.2. The molecule has 0 radical (unpaired) electrons. The van der Waals surface area contributed by atoms with Crippen molar-refractivity contribution in [3.8, 4) is 5.69 Å². The molecule has 4 rings (SSSR count). The quantitative estimate of drug-likeness (QED) is 0.441. The SMILES string of the molecule is O=C(NCCS(=O)(=O)N1CCc2ccccc21)c1ccn(-c2cccc([N+](=O)[O-])c2)n1. The number of hydrogen-bond donors (Lipinski definition) is 1. The minimum Gasteiger partial charge on any atom is -0.350 e. The first-order chi connectivity index (χ1) is 14.8. The van der Waals surface area contributed by atoms with Gasteiger partial charge in [0.05, 0.1) is 22.1 Å². The lowest BCUT2D eigenvalue weighted by molar-refractivity contribution is -0.384. The number of sulfonamides is 1. The van der Waals surface area contributed by atoms with Crippen LogP contribution in [0.3, 0.4) is 0 Å². The molecule has 0 spiro atoms. The number of amides is 1. The van der Waals surface area contributed by atoms with E-state index in [-0.39, 0.29) is 23.7 Å². The molecule has 10 nitrogen and oxygen atoms in total. The number of hydrogen-bond acceptors (Lipinski definition) is 6. The summed E-state index contributed by atoms with van der Waals surface area (Å²) < 4.78 is 28.1. The van der Waals surface area contributed by atoms with Gasteiger partial charge in [0, 0.05) is 31.4 Å². The molecule has 0 bridgehead atoms. The highest BCUT2D eigenvalue weighted by molar-refractivity contribution is 7.92. The first kappa shape index (κ1) is 20.5. The topological polar surface area (TPSA) is 127 Å². The number of fused-ring (bicyclic) bond motifs is 1. The number of para-hydroxylation sites is 1. The highest BCUT2D eigenvalue weighted by Crippen LogP contribution is 2.29. The van der Waals surface area contributed by atoms with E-state index in [9.17, 15) is 23.3 Å². The van der Waals surface area contributed by atoms with Crippen LogP contribution in [-0.4, -0.2) is 47.9 Å². The van der Waals surface area contributed by atoms with E-state index in [1.807, 2.05) is 12.1 Å². The van der Waals surface area contributed by atoms with E-state index < -0.39 is 20.9 Å². The van der Waals surface area contributed by atoms with Gasteiger partial charge < -0.3 is 5.32 Å². The zero-order valence-electron chi connectivity index (χ0n) is 16.3. The molecular formula is C20H19N5O5S. The van der Waals surface area contributed by atoms with Crippen molar-refractivity contribution < 1.29 is 18.1 Å². The Bertz CT molecular complexity index is 1250. The van der Waals surface area contributed by atoms with Crippen molar-refractivity contribution in [2.75, 3.05) is 23.1 Å². The number of carbonyl (C=O) groups excluding carboxylic acids is 1. The number of nitro benzene ring substituents is 1. The van der Waals surface area contributed by atoms with Crippen LogP contribution >= 0.6 is 0 Å². The van der Waals surface area contributed by atoms with Gasteiger partial charge in [-0.05, 0) is 30.2 Å². The Morgan fingerprint density at radius 2 is 1.97 bits per heavy atom. The Morgan fingerprint density at radius 3 is 2.77 bits per heavy atom. The Morgan fingerprint density at radius 1 is 1.16 bits per heavy atom. The molecule has 0 unspecified atom stereocenters. The molecule has 1 N–H and O–H groups in total. The molecule has 1 aliphatic heterocycles. The number of benzene rings is 2. The number of aromatic nitrogens is 2. The molecule has 160 valence electrons. The van der Waals surface area contributed by atoms with Gasteiger partial charge in [-0.15, -0.1) is 0 Å². The molecule has 3 aromatic rings. The van der Waals surface area contributed by atoms with E-state index >= 15 is 0 Å². The first-order valence-electron chi connectivity index (χ1n) is 9.52. The lowest BCUT2D eigenvalue weighted by atomic mass is 10.2. The predicted molar refractivity (Wildman–Crippen MR) is 114 cm³/mol. The lowest BCUT2D eigenvalue weighted by Crippen LogP contribution is -2.37. The second-order valence-corrected chi connectivity index (χ2v) is 8.96. The maximum Gasteiger partial charge on any atom is 0.271 e. The van der Waals surface area contributed by atoms with Crippen molar-refractivity contribution in [2.24, 2.45) is 0 Å². The van der Waals surface area contributed by atoms with Crippen LogP contribution in [0.25, 0.3) is 5.69 Å². The fourth-order valence-electron chi connectivity index (χ4n) is 3.43. The minimum atomic E-state index is -3.57. The first-order valence-corrected chi connectivity index (χ1v) is 11.1. The minimum absolute atomic E-state index is 0.0660. The van der Waals surface area contributed by atoms with Crippen LogP contribution in [0.2, 0.25) is 0 Å². The summed E-state index contributed by atoms with van der Waals surface area (Å²) in [6.45, 7) is 0.326. The van der Waals surface area contributed by atoms with E-state index in [2.05, 4.69) is 10.4 Å². The Hall–Kier alpha value is -3.73. The van der Waals surface area contributed by atoms with E-state index in [0.29, 0.717) is 24.3 Å². The van der Waals surface area contributed by atoms with Crippen molar-refractivity contribution in [2.45, 2.75) is 6.42 Å². The third-order valence-corrected chi connectivity index (χ3v) is 6.72. The number of rotatable bonds is 7. The number of non-ortho nitro benzene ring substituents is 1. The molecule has 2 aromatic carbocycles. The molecular weight excluding hydrogens is 422 g/mol. The summed E-state index contributed by atoms with van der Waals surface area (Å²) in [4.78, 5) is 22.8.